The van der Waals surface area contributed by atoms with Gasteiger partial charge in [-0.15, -0.1) is 0 Å². The molecular weight excluding hydrogens is 759 g/mol. The summed E-state index contributed by atoms with van der Waals surface area (Å²) in [6, 6.07) is 0. The zero-order valence-corrected chi connectivity index (χ0v) is 36.6. The lowest BCUT2D eigenvalue weighted by atomic mass is 10.1. The minimum atomic E-state index is -4.65. The normalized spacial score (nSPS) is 18.0. The molecule has 0 aromatic heterocycles. The number of aliphatic hydroxyl groups is 2. The topological polar surface area (TPSA) is 161 Å². The monoisotopic (exact) mass is 837 g/mol. The summed E-state index contributed by atoms with van der Waals surface area (Å²) in [5.41, 5.74) is 0. The Morgan fingerprint density at radius 3 is 1.66 bits per heavy atom. The van der Waals surface area contributed by atoms with Gasteiger partial charge in [-0.3, -0.25) is 18.6 Å². The number of hydrogen-bond acceptors (Lipinski definition) is 10. The van der Waals surface area contributed by atoms with Gasteiger partial charge in [0.2, 0.25) is 0 Å². The molecule has 1 aliphatic heterocycles. The molecule has 12 heteroatoms. The number of ether oxygens (including phenoxy) is 3. The number of carbonyl (C=O) groups is 2. The number of aliphatic hydroxyl groups excluding tert-OH is 2. The van der Waals surface area contributed by atoms with E-state index in [0.29, 0.717) is 19.3 Å². The lowest BCUT2D eigenvalue weighted by Crippen LogP contribution is -2.29. The van der Waals surface area contributed by atoms with Gasteiger partial charge >= 0.3 is 19.8 Å². The first-order valence-electron chi connectivity index (χ1n) is 22.0. The average molecular weight is 837 g/mol. The van der Waals surface area contributed by atoms with Gasteiger partial charge < -0.3 is 29.3 Å². The minimum Gasteiger partial charge on any atom is -0.462 e. The fourth-order valence-electron chi connectivity index (χ4n) is 5.68. The van der Waals surface area contributed by atoms with Crippen molar-refractivity contribution in [1.29, 1.82) is 0 Å². The predicted octanol–water partition coefficient (Wildman–Crippen LogP) is 10.7. The van der Waals surface area contributed by atoms with Crippen LogP contribution in [0.25, 0.3) is 0 Å². The Labute approximate surface area is 350 Å². The third-order valence-electron chi connectivity index (χ3n) is 9.24. The van der Waals surface area contributed by atoms with Gasteiger partial charge in [-0.05, 0) is 89.9 Å². The van der Waals surface area contributed by atoms with Crippen molar-refractivity contribution in [2.75, 3.05) is 26.4 Å². The van der Waals surface area contributed by atoms with Crippen LogP contribution >= 0.6 is 7.82 Å². The summed E-state index contributed by atoms with van der Waals surface area (Å²) in [6.07, 6.45) is 44.6. The first kappa shape index (κ1) is 53.4. The number of unbranched alkanes of at least 4 members (excludes halogenated alkanes) is 11. The van der Waals surface area contributed by atoms with Crippen molar-refractivity contribution >= 4 is 19.8 Å². The summed E-state index contributed by atoms with van der Waals surface area (Å²) in [4.78, 5) is 35.0. The highest BCUT2D eigenvalue weighted by atomic mass is 31.2. The molecule has 1 saturated heterocycles. The second-order valence-electron chi connectivity index (χ2n) is 14.7. The third-order valence-corrected chi connectivity index (χ3v) is 10.2. The molecule has 0 aromatic carbocycles. The smallest absolute Gasteiger partial charge is 0.462 e. The molecule has 0 amide bonds. The Bertz CT molecular complexity index is 1260. The molecule has 0 aromatic rings. The molecule has 0 spiro atoms. The number of phosphoric acid groups is 1. The molecule has 11 nitrogen and oxygen atoms in total. The maximum Gasteiger partial charge on any atom is 0.472 e. The molecule has 332 valence electrons. The van der Waals surface area contributed by atoms with E-state index in [1.165, 1.54) is 38.5 Å². The number of phosphoric ester groups is 1. The molecule has 1 rings (SSSR count). The summed E-state index contributed by atoms with van der Waals surface area (Å²) >= 11 is 0. The van der Waals surface area contributed by atoms with Crippen LogP contribution < -0.4 is 0 Å². The lowest BCUT2D eigenvalue weighted by molar-refractivity contribution is -0.161. The number of rotatable bonds is 39. The fourth-order valence-corrected chi connectivity index (χ4v) is 6.47. The largest absolute Gasteiger partial charge is 0.472 e. The molecule has 58 heavy (non-hydrogen) atoms. The first-order valence-corrected chi connectivity index (χ1v) is 23.5. The van der Waals surface area contributed by atoms with Crippen LogP contribution in [0.15, 0.2) is 72.9 Å². The van der Waals surface area contributed by atoms with Gasteiger partial charge in [0.1, 0.15) is 12.7 Å². The maximum atomic E-state index is 12.6. The molecule has 3 unspecified atom stereocenters. The molecule has 1 fully saturated rings. The van der Waals surface area contributed by atoms with E-state index in [2.05, 4.69) is 85.2 Å². The Kier molecular flexibility index (Phi) is 34.4. The fraction of sp³-hybridized carbons (Fsp3) is 0.696. The Morgan fingerprint density at radius 2 is 1.07 bits per heavy atom. The zero-order chi connectivity index (χ0) is 42.4. The summed E-state index contributed by atoms with van der Waals surface area (Å²) < 4.78 is 38.4. The SMILES string of the molecule is CCCCC/C=C\C/C=C\C/C=C\CCCCCCC(=O)O[C@H](COC(=O)CCC/C=C\CC1OC1C/C=C\C/C=C\CCCCC)COP(=O)(O)OC[C@@H](O)CO. The van der Waals surface area contributed by atoms with E-state index in [9.17, 15) is 24.2 Å². The van der Waals surface area contributed by atoms with Gasteiger partial charge in [0, 0.05) is 12.8 Å². The summed E-state index contributed by atoms with van der Waals surface area (Å²) in [6.45, 7) is 2.20. The summed E-state index contributed by atoms with van der Waals surface area (Å²) in [5.74, 6) is -1.03. The van der Waals surface area contributed by atoms with Gasteiger partial charge in [-0.25, -0.2) is 4.57 Å². The van der Waals surface area contributed by atoms with Crippen LogP contribution in [-0.2, 0) is 37.4 Å². The van der Waals surface area contributed by atoms with Crippen LogP contribution in [-0.4, -0.2) is 77.9 Å². The average Bonchev–Trinajstić information content (AvgIpc) is 3.97. The molecule has 1 aliphatic rings. The standard InChI is InChI=1S/C46H77O11P/c1-3-5-7-9-11-13-14-15-16-17-18-19-20-22-24-26-32-36-46(50)56-42(40-55-58(51,52)54-38-41(48)37-47)39-53-45(49)35-31-28-27-30-34-44-43(57-44)33-29-25-23-21-12-10-8-6-4-2/h11-13,15-16,18-19,21,25,27,29-30,41-44,47-48H,3-10,14,17,20,22-24,26,28,31-40H2,1-2H3,(H,51,52)/b13-11-,16-15-,19-18-,21-12-,29-25-,30-27-/t41-,42+,43?,44?/m0/s1. The number of allylic oxidation sites excluding steroid dienone is 10. The molecule has 5 atom stereocenters. The highest BCUT2D eigenvalue weighted by molar-refractivity contribution is 7.47. The second kappa shape index (κ2) is 37.4. The van der Waals surface area contributed by atoms with Crippen molar-refractivity contribution < 1.29 is 52.5 Å². The van der Waals surface area contributed by atoms with Gasteiger partial charge in [-0.2, -0.15) is 0 Å². The van der Waals surface area contributed by atoms with Gasteiger partial charge in [-0.1, -0.05) is 125 Å². The summed E-state index contributed by atoms with van der Waals surface area (Å²) in [7, 11) is -4.65. The van der Waals surface area contributed by atoms with E-state index in [1.807, 2.05) is 6.08 Å². The van der Waals surface area contributed by atoms with Gasteiger partial charge in [0.05, 0.1) is 32.0 Å². The van der Waals surface area contributed by atoms with Crippen molar-refractivity contribution in [3.05, 3.63) is 72.9 Å². The van der Waals surface area contributed by atoms with Crippen LogP contribution in [0.3, 0.4) is 0 Å². The lowest BCUT2D eigenvalue weighted by Gasteiger charge is -2.20. The first-order chi connectivity index (χ1) is 28.2. The van der Waals surface area contributed by atoms with Crippen LogP contribution in [0.4, 0.5) is 0 Å². The van der Waals surface area contributed by atoms with E-state index < -0.39 is 51.8 Å². The van der Waals surface area contributed by atoms with Gasteiger partial charge in [0.15, 0.2) is 6.10 Å². The predicted molar refractivity (Wildman–Crippen MR) is 232 cm³/mol. The number of hydrogen-bond donors (Lipinski definition) is 3. The second-order valence-corrected chi connectivity index (χ2v) is 16.2. The number of carbonyl (C=O) groups excluding carboxylic acids is 2. The van der Waals surface area contributed by atoms with Crippen LogP contribution in [0.2, 0.25) is 0 Å². The van der Waals surface area contributed by atoms with E-state index in [4.69, 9.17) is 23.8 Å². The van der Waals surface area contributed by atoms with Crippen molar-refractivity contribution in [2.45, 2.75) is 180 Å². The number of epoxide rings is 1. The highest BCUT2D eigenvalue weighted by Gasteiger charge is 2.36. The van der Waals surface area contributed by atoms with E-state index in [1.54, 1.807) is 0 Å². The highest BCUT2D eigenvalue weighted by Crippen LogP contribution is 2.43. The Morgan fingerprint density at radius 1 is 0.603 bits per heavy atom. The minimum absolute atomic E-state index is 0.140. The van der Waals surface area contributed by atoms with Crippen LogP contribution in [0.1, 0.15) is 155 Å². The van der Waals surface area contributed by atoms with Crippen molar-refractivity contribution in [3.63, 3.8) is 0 Å². The zero-order valence-electron chi connectivity index (χ0n) is 35.7. The Hall–Kier alpha value is -2.63. The van der Waals surface area contributed by atoms with E-state index >= 15 is 0 Å². The Balaban J connectivity index is 2.32. The van der Waals surface area contributed by atoms with Crippen molar-refractivity contribution in [3.8, 4) is 0 Å². The quantitative estimate of drug-likeness (QED) is 0.0178. The van der Waals surface area contributed by atoms with Crippen LogP contribution in [0.5, 0.6) is 0 Å². The van der Waals surface area contributed by atoms with E-state index in [-0.39, 0.29) is 31.7 Å². The van der Waals surface area contributed by atoms with Crippen molar-refractivity contribution in [1.82, 2.24) is 0 Å². The maximum absolute atomic E-state index is 12.6. The molecule has 1 heterocycles. The summed E-state index contributed by atoms with van der Waals surface area (Å²) in [5, 5.41) is 18.3. The van der Waals surface area contributed by atoms with E-state index in [0.717, 1.165) is 70.6 Å². The molecule has 3 N–H and O–H groups in total. The molecule has 0 radical (unpaired) electrons. The molecular formula is C46H77O11P. The molecule has 0 aliphatic carbocycles. The van der Waals surface area contributed by atoms with Crippen molar-refractivity contribution in [2.24, 2.45) is 0 Å². The third kappa shape index (κ3) is 34.3. The van der Waals surface area contributed by atoms with Gasteiger partial charge in [0.25, 0.3) is 0 Å². The molecule has 0 saturated carbocycles. The van der Waals surface area contributed by atoms with Crippen LogP contribution in [0, 0.1) is 0 Å². The molecule has 0 bridgehead atoms. The number of esters is 2.